The van der Waals surface area contributed by atoms with Crippen LogP contribution in [0.3, 0.4) is 0 Å². The number of rotatable bonds is 5. The topological polar surface area (TPSA) is 104 Å². The zero-order chi connectivity index (χ0) is 22.0. The van der Waals surface area contributed by atoms with Crippen LogP contribution < -0.4 is 16.2 Å². The number of nitro groups is 1. The maximum atomic E-state index is 12.0. The van der Waals surface area contributed by atoms with Gasteiger partial charge in [0.1, 0.15) is 5.75 Å². The summed E-state index contributed by atoms with van der Waals surface area (Å²) in [5.74, 6) is 0.717. The van der Waals surface area contributed by atoms with Crippen molar-refractivity contribution in [3.8, 4) is 39.1 Å². The van der Waals surface area contributed by atoms with E-state index in [2.05, 4.69) is 6.07 Å². The maximum absolute atomic E-state index is 12.0. The Balaban J connectivity index is 2.11. The fourth-order valence-corrected chi connectivity index (χ4v) is 3.62. The molecule has 0 aromatic heterocycles. The fourth-order valence-electron chi connectivity index (χ4n) is 3.62. The zero-order valence-corrected chi connectivity index (χ0v) is 16.8. The third-order valence-corrected chi connectivity index (χ3v) is 5.12. The van der Waals surface area contributed by atoms with Gasteiger partial charge in [-0.1, -0.05) is 42.5 Å². The molecule has 0 heterocycles. The van der Waals surface area contributed by atoms with Crippen LogP contribution in [0.5, 0.6) is 5.75 Å². The normalized spacial score (nSPS) is 10.6. The van der Waals surface area contributed by atoms with Crippen molar-refractivity contribution in [2.24, 2.45) is 0 Å². The van der Waals surface area contributed by atoms with E-state index in [9.17, 15) is 10.1 Å². The van der Waals surface area contributed by atoms with E-state index in [0.29, 0.717) is 39.4 Å². The molecule has 0 saturated heterocycles. The van der Waals surface area contributed by atoms with E-state index in [-0.39, 0.29) is 5.69 Å². The summed E-state index contributed by atoms with van der Waals surface area (Å²) in [5.41, 5.74) is 17.3. The number of methoxy groups -OCH3 is 1. The quantitative estimate of drug-likeness (QED) is 0.254. The molecule has 0 saturated carbocycles. The highest BCUT2D eigenvalue weighted by molar-refractivity contribution is 6.01. The van der Waals surface area contributed by atoms with Crippen LogP contribution in [0.15, 0.2) is 78.9 Å². The van der Waals surface area contributed by atoms with Crippen LogP contribution in [0.2, 0.25) is 0 Å². The molecule has 0 spiro atoms. The molecule has 31 heavy (non-hydrogen) atoms. The summed E-state index contributed by atoms with van der Waals surface area (Å²) in [6, 6.07) is 26.3. The van der Waals surface area contributed by atoms with Gasteiger partial charge in [-0.25, -0.2) is 0 Å². The summed E-state index contributed by atoms with van der Waals surface area (Å²) in [6.07, 6.45) is 0. The third kappa shape index (κ3) is 3.79. The smallest absolute Gasteiger partial charge is 0.285 e. The lowest BCUT2D eigenvalue weighted by molar-refractivity contribution is -0.384. The van der Waals surface area contributed by atoms with E-state index < -0.39 is 4.92 Å². The number of nitrogens with two attached hydrogens (primary N) is 2. The molecule has 0 amide bonds. The molecule has 0 aliphatic carbocycles. The molecule has 153 valence electrons. The van der Waals surface area contributed by atoms with Gasteiger partial charge in [0.2, 0.25) is 0 Å². The average Bonchev–Trinajstić information content (AvgIpc) is 2.79. The van der Waals surface area contributed by atoms with Crippen LogP contribution in [-0.2, 0) is 0 Å². The van der Waals surface area contributed by atoms with E-state index in [4.69, 9.17) is 16.2 Å². The molecule has 0 fully saturated rings. The first-order valence-electron chi connectivity index (χ1n) is 9.58. The minimum Gasteiger partial charge on any atom is -0.497 e. The minimum absolute atomic E-state index is 0.125. The van der Waals surface area contributed by atoms with Crippen LogP contribution in [0.4, 0.5) is 17.1 Å². The SMILES string of the molecule is COc1ccc(-c2c[c]c([N+](=O)[O-])c(-c3ccc(N)cc3)c2-c2ccccc2N)cc1. The van der Waals surface area contributed by atoms with Gasteiger partial charge in [0.25, 0.3) is 5.69 Å². The molecule has 4 N–H and O–H groups in total. The van der Waals surface area contributed by atoms with Gasteiger partial charge in [-0.15, -0.1) is 0 Å². The molecule has 0 aliphatic rings. The number of benzene rings is 4. The van der Waals surface area contributed by atoms with E-state index in [0.717, 1.165) is 11.1 Å². The second-order valence-corrected chi connectivity index (χ2v) is 7.00. The first kappa shape index (κ1) is 20.0. The number of nitrogen functional groups attached to an aromatic ring is 2. The van der Waals surface area contributed by atoms with Crippen molar-refractivity contribution in [2.45, 2.75) is 0 Å². The van der Waals surface area contributed by atoms with Crippen molar-refractivity contribution in [1.82, 2.24) is 0 Å². The fraction of sp³-hybridized carbons (Fsp3) is 0.0400. The number of hydrogen-bond donors (Lipinski definition) is 2. The Morgan fingerprint density at radius 3 is 2.10 bits per heavy atom. The molecule has 0 aliphatic heterocycles. The number of para-hydroxylation sites is 1. The van der Waals surface area contributed by atoms with Gasteiger partial charge in [0.15, 0.2) is 0 Å². The molecule has 6 nitrogen and oxygen atoms in total. The molecule has 4 aromatic carbocycles. The Labute approximate surface area is 179 Å². The minimum atomic E-state index is -0.424. The second kappa shape index (κ2) is 8.20. The van der Waals surface area contributed by atoms with Crippen molar-refractivity contribution >= 4 is 17.1 Å². The summed E-state index contributed by atoms with van der Waals surface area (Å²) in [6.45, 7) is 0. The highest BCUT2D eigenvalue weighted by Gasteiger charge is 2.25. The summed E-state index contributed by atoms with van der Waals surface area (Å²) in [5, 5.41) is 12.0. The summed E-state index contributed by atoms with van der Waals surface area (Å²) < 4.78 is 5.26. The van der Waals surface area contributed by atoms with Crippen molar-refractivity contribution < 1.29 is 9.66 Å². The molecule has 0 atom stereocenters. The Kier molecular flexibility index (Phi) is 5.28. The van der Waals surface area contributed by atoms with E-state index >= 15 is 0 Å². The molecule has 0 bridgehead atoms. The molecule has 4 aromatic rings. The van der Waals surface area contributed by atoms with Gasteiger partial charge in [-0.2, -0.15) is 0 Å². The Morgan fingerprint density at radius 2 is 1.48 bits per heavy atom. The highest BCUT2D eigenvalue weighted by atomic mass is 16.6. The molecular formula is C25H20N3O3. The predicted octanol–water partition coefficient (Wildman–Crippen LogP) is 5.57. The van der Waals surface area contributed by atoms with Gasteiger partial charge in [-0.3, -0.25) is 10.1 Å². The Morgan fingerprint density at radius 1 is 0.839 bits per heavy atom. The third-order valence-electron chi connectivity index (χ3n) is 5.12. The van der Waals surface area contributed by atoms with Crippen LogP contribution in [0.1, 0.15) is 0 Å². The first-order chi connectivity index (χ1) is 15.0. The molecule has 6 heteroatoms. The second-order valence-electron chi connectivity index (χ2n) is 7.00. The van der Waals surface area contributed by atoms with Crippen molar-refractivity contribution in [2.75, 3.05) is 18.6 Å². The zero-order valence-electron chi connectivity index (χ0n) is 16.8. The lowest BCUT2D eigenvalue weighted by atomic mass is 9.86. The standard InChI is InChI=1S/C25H20N3O3/c1-31-19-12-8-16(9-13-19)20-14-15-23(28(29)30)24(17-6-10-18(26)11-7-17)25(20)21-4-2-3-5-22(21)27/h2-14H,26-27H2,1H3. The Hall–Kier alpha value is -4.32. The number of ether oxygens (including phenoxy) is 1. The van der Waals surface area contributed by atoms with Gasteiger partial charge >= 0.3 is 0 Å². The lowest BCUT2D eigenvalue weighted by Crippen LogP contribution is -2.00. The largest absolute Gasteiger partial charge is 0.497 e. The number of hydrogen-bond acceptors (Lipinski definition) is 5. The molecule has 1 radical (unpaired) electrons. The predicted molar refractivity (Wildman–Crippen MR) is 124 cm³/mol. The summed E-state index contributed by atoms with van der Waals surface area (Å²) in [7, 11) is 1.60. The first-order valence-corrected chi connectivity index (χ1v) is 9.58. The maximum Gasteiger partial charge on any atom is 0.285 e. The van der Waals surface area contributed by atoms with Gasteiger partial charge in [-0.05, 0) is 53.1 Å². The van der Waals surface area contributed by atoms with Crippen molar-refractivity contribution in [3.63, 3.8) is 0 Å². The molecule has 4 rings (SSSR count). The van der Waals surface area contributed by atoms with E-state index in [1.165, 1.54) is 0 Å². The van der Waals surface area contributed by atoms with E-state index in [1.807, 2.05) is 42.5 Å². The number of anilines is 2. The van der Waals surface area contributed by atoms with Crippen LogP contribution in [-0.4, -0.2) is 12.0 Å². The van der Waals surface area contributed by atoms with E-state index in [1.54, 1.807) is 43.5 Å². The highest BCUT2D eigenvalue weighted by Crippen LogP contribution is 2.46. The Bertz CT molecular complexity index is 1250. The van der Waals surface area contributed by atoms with Gasteiger partial charge in [0, 0.05) is 22.5 Å². The number of nitro benzene ring substituents is 1. The molecule has 0 unspecified atom stereocenters. The summed E-state index contributed by atoms with van der Waals surface area (Å²) in [4.78, 5) is 11.5. The van der Waals surface area contributed by atoms with Gasteiger partial charge in [0.05, 0.1) is 23.7 Å². The summed E-state index contributed by atoms with van der Waals surface area (Å²) >= 11 is 0. The van der Waals surface area contributed by atoms with Gasteiger partial charge < -0.3 is 16.2 Å². The number of nitrogens with zero attached hydrogens (tertiary/aromatic N) is 1. The lowest BCUT2D eigenvalue weighted by Gasteiger charge is -2.18. The van der Waals surface area contributed by atoms with Crippen LogP contribution >= 0.6 is 0 Å². The van der Waals surface area contributed by atoms with Crippen molar-refractivity contribution in [3.05, 3.63) is 95.0 Å². The average molecular weight is 410 g/mol. The van der Waals surface area contributed by atoms with Crippen LogP contribution in [0.25, 0.3) is 33.4 Å². The molecular weight excluding hydrogens is 390 g/mol. The van der Waals surface area contributed by atoms with Crippen molar-refractivity contribution in [1.29, 1.82) is 0 Å². The van der Waals surface area contributed by atoms with Crippen LogP contribution in [0, 0.1) is 16.2 Å². The monoisotopic (exact) mass is 410 g/mol.